The lowest BCUT2D eigenvalue weighted by Crippen LogP contribution is -2.32. The van der Waals surface area contributed by atoms with Crippen LogP contribution in [0.2, 0.25) is 0 Å². The molecule has 4 nitrogen and oxygen atoms in total. The summed E-state index contributed by atoms with van der Waals surface area (Å²) in [5.74, 6) is -0.278. The standard InChI is InChI=1S/C12H20Cl2N2O2/c1-3-16(4-2)10(17)6-5-7-15-11(18)9-8-12(9,13)14/h9H,3-8H2,1-2H3,(H,15,18). The molecule has 0 aromatic rings. The van der Waals surface area contributed by atoms with Gasteiger partial charge in [0.05, 0.1) is 5.92 Å². The number of hydrogen-bond donors (Lipinski definition) is 1. The van der Waals surface area contributed by atoms with E-state index in [1.165, 1.54) is 0 Å². The molecule has 0 radical (unpaired) electrons. The minimum atomic E-state index is -0.874. The summed E-state index contributed by atoms with van der Waals surface area (Å²) in [4.78, 5) is 25.0. The zero-order chi connectivity index (χ0) is 13.8. The van der Waals surface area contributed by atoms with Gasteiger partial charge in [-0.1, -0.05) is 0 Å². The Kier molecular flexibility index (Phi) is 5.73. The molecule has 18 heavy (non-hydrogen) atoms. The molecular weight excluding hydrogens is 275 g/mol. The van der Waals surface area contributed by atoms with Gasteiger partial charge in [-0.05, 0) is 26.7 Å². The molecule has 1 aliphatic rings. The Balaban J connectivity index is 2.12. The fourth-order valence-corrected chi connectivity index (χ4v) is 2.31. The Bertz CT molecular complexity index is 301. The number of amides is 2. The van der Waals surface area contributed by atoms with Gasteiger partial charge in [-0.15, -0.1) is 23.2 Å². The summed E-state index contributed by atoms with van der Waals surface area (Å²) >= 11 is 11.6. The normalized spacial score (nSPS) is 20.3. The number of alkyl halides is 2. The molecular formula is C12H20Cl2N2O2. The summed E-state index contributed by atoms with van der Waals surface area (Å²) < 4.78 is -0.874. The summed E-state index contributed by atoms with van der Waals surface area (Å²) in [7, 11) is 0. The van der Waals surface area contributed by atoms with Crippen molar-refractivity contribution in [1.29, 1.82) is 0 Å². The lowest BCUT2D eigenvalue weighted by molar-refractivity contribution is -0.131. The van der Waals surface area contributed by atoms with Crippen LogP contribution < -0.4 is 5.32 Å². The largest absolute Gasteiger partial charge is 0.356 e. The number of nitrogens with zero attached hydrogens (tertiary/aromatic N) is 1. The van der Waals surface area contributed by atoms with Crippen LogP contribution in [0, 0.1) is 5.92 Å². The molecule has 1 atom stereocenters. The molecule has 0 aliphatic heterocycles. The Morgan fingerprint density at radius 1 is 1.33 bits per heavy atom. The van der Waals surface area contributed by atoms with Crippen molar-refractivity contribution in [2.45, 2.75) is 37.4 Å². The van der Waals surface area contributed by atoms with Gasteiger partial charge in [0.2, 0.25) is 11.8 Å². The fraction of sp³-hybridized carbons (Fsp3) is 0.833. The first-order chi connectivity index (χ1) is 8.42. The van der Waals surface area contributed by atoms with Crippen LogP contribution in [0.5, 0.6) is 0 Å². The average molecular weight is 295 g/mol. The van der Waals surface area contributed by atoms with E-state index in [9.17, 15) is 9.59 Å². The molecule has 6 heteroatoms. The van der Waals surface area contributed by atoms with Gasteiger partial charge in [0.1, 0.15) is 4.33 Å². The predicted octanol–water partition coefficient (Wildman–Crippen LogP) is 1.94. The van der Waals surface area contributed by atoms with Gasteiger partial charge in [0.25, 0.3) is 0 Å². The molecule has 1 unspecified atom stereocenters. The number of nitrogens with one attached hydrogen (secondary N) is 1. The second-order valence-electron chi connectivity index (χ2n) is 4.48. The van der Waals surface area contributed by atoms with Crippen molar-refractivity contribution in [2.24, 2.45) is 5.92 Å². The van der Waals surface area contributed by atoms with Crippen molar-refractivity contribution in [3.63, 3.8) is 0 Å². The van der Waals surface area contributed by atoms with Crippen molar-refractivity contribution >= 4 is 35.0 Å². The van der Waals surface area contributed by atoms with E-state index in [0.717, 1.165) is 13.1 Å². The third kappa shape index (κ3) is 4.32. The minimum Gasteiger partial charge on any atom is -0.356 e. The molecule has 1 saturated carbocycles. The first-order valence-electron chi connectivity index (χ1n) is 6.35. The zero-order valence-electron chi connectivity index (χ0n) is 10.8. The zero-order valence-corrected chi connectivity index (χ0v) is 12.4. The molecule has 1 fully saturated rings. The van der Waals surface area contributed by atoms with Crippen LogP contribution >= 0.6 is 23.2 Å². The smallest absolute Gasteiger partial charge is 0.226 e. The molecule has 0 aromatic carbocycles. The van der Waals surface area contributed by atoms with Crippen LogP contribution in [0.1, 0.15) is 33.1 Å². The number of carbonyl (C=O) groups excluding carboxylic acids is 2. The molecule has 0 spiro atoms. The van der Waals surface area contributed by atoms with Crippen LogP contribution in [0.15, 0.2) is 0 Å². The third-order valence-corrected chi connectivity index (χ3v) is 3.96. The molecule has 0 heterocycles. The predicted molar refractivity (Wildman–Crippen MR) is 72.7 cm³/mol. The highest BCUT2D eigenvalue weighted by Crippen LogP contribution is 2.53. The molecule has 1 rings (SSSR count). The second-order valence-corrected chi connectivity index (χ2v) is 6.02. The third-order valence-electron chi connectivity index (χ3n) is 3.13. The minimum absolute atomic E-state index is 0.115. The van der Waals surface area contributed by atoms with E-state index in [0.29, 0.717) is 25.8 Å². The molecule has 0 aromatic heterocycles. The van der Waals surface area contributed by atoms with E-state index in [1.54, 1.807) is 4.90 Å². The van der Waals surface area contributed by atoms with Crippen LogP contribution in [0.4, 0.5) is 0 Å². The van der Waals surface area contributed by atoms with Crippen LogP contribution in [-0.2, 0) is 9.59 Å². The molecule has 2 amide bonds. The molecule has 1 N–H and O–H groups in total. The quantitative estimate of drug-likeness (QED) is 0.576. The summed E-state index contributed by atoms with van der Waals surface area (Å²) in [5, 5.41) is 2.75. The lowest BCUT2D eigenvalue weighted by Gasteiger charge is -2.18. The van der Waals surface area contributed by atoms with Crippen LogP contribution in [0.25, 0.3) is 0 Å². The van der Waals surface area contributed by atoms with Gasteiger partial charge in [0.15, 0.2) is 0 Å². The summed E-state index contributed by atoms with van der Waals surface area (Å²) in [6, 6.07) is 0. The van der Waals surface area contributed by atoms with E-state index in [-0.39, 0.29) is 17.7 Å². The first-order valence-corrected chi connectivity index (χ1v) is 7.11. The number of hydrogen-bond acceptors (Lipinski definition) is 2. The van der Waals surface area contributed by atoms with E-state index in [2.05, 4.69) is 5.32 Å². The monoisotopic (exact) mass is 294 g/mol. The van der Waals surface area contributed by atoms with Crippen molar-refractivity contribution in [3.05, 3.63) is 0 Å². The highest BCUT2D eigenvalue weighted by atomic mass is 35.5. The van der Waals surface area contributed by atoms with E-state index < -0.39 is 4.33 Å². The summed E-state index contributed by atoms with van der Waals surface area (Å²) in [6.07, 6.45) is 1.62. The second kappa shape index (κ2) is 6.62. The maximum absolute atomic E-state index is 11.7. The highest BCUT2D eigenvalue weighted by molar-refractivity contribution is 6.52. The van der Waals surface area contributed by atoms with Crippen molar-refractivity contribution < 1.29 is 9.59 Å². The summed E-state index contributed by atoms with van der Waals surface area (Å²) in [6.45, 7) is 5.86. The maximum atomic E-state index is 11.7. The number of carbonyl (C=O) groups is 2. The molecule has 1 aliphatic carbocycles. The van der Waals surface area contributed by atoms with E-state index in [1.807, 2.05) is 13.8 Å². The lowest BCUT2D eigenvalue weighted by atomic mass is 10.2. The SMILES string of the molecule is CCN(CC)C(=O)CCCNC(=O)C1CC1(Cl)Cl. The Labute approximate surface area is 118 Å². The molecule has 104 valence electrons. The number of rotatable bonds is 7. The van der Waals surface area contributed by atoms with Gasteiger partial charge in [-0.3, -0.25) is 9.59 Å². The Morgan fingerprint density at radius 2 is 1.89 bits per heavy atom. The van der Waals surface area contributed by atoms with Crippen LogP contribution in [-0.4, -0.2) is 40.7 Å². The van der Waals surface area contributed by atoms with E-state index in [4.69, 9.17) is 23.2 Å². The molecule has 0 bridgehead atoms. The topological polar surface area (TPSA) is 49.4 Å². The van der Waals surface area contributed by atoms with Crippen LogP contribution in [0.3, 0.4) is 0 Å². The van der Waals surface area contributed by atoms with Gasteiger partial charge in [-0.2, -0.15) is 0 Å². The number of halogens is 2. The van der Waals surface area contributed by atoms with Crippen molar-refractivity contribution in [2.75, 3.05) is 19.6 Å². The summed E-state index contributed by atoms with van der Waals surface area (Å²) in [5.41, 5.74) is 0. The van der Waals surface area contributed by atoms with Crippen molar-refractivity contribution in [3.8, 4) is 0 Å². The van der Waals surface area contributed by atoms with Crippen molar-refractivity contribution in [1.82, 2.24) is 10.2 Å². The van der Waals surface area contributed by atoms with Gasteiger partial charge < -0.3 is 10.2 Å². The fourth-order valence-electron chi connectivity index (χ4n) is 1.81. The van der Waals surface area contributed by atoms with Gasteiger partial charge >= 0.3 is 0 Å². The van der Waals surface area contributed by atoms with E-state index >= 15 is 0 Å². The highest BCUT2D eigenvalue weighted by Gasteiger charge is 2.56. The molecule has 0 saturated heterocycles. The maximum Gasteiger partial charge on any atom is 0.226 e. The van der Waals surface area contributed by atoms with Gasteiger partial charge in [0, 0.05) is 26.1 Å². The Morgan fingerprint density at radius 3 is 2.33 bits per heavy atom. The average Bonchev–Trinajstić information content (AvgIpc) is 2.95. The first kappa shape index (κ1) is 15.6. The van der Waals surface area contributed by atoms with Gasteiger partial charge in [-0.25, -0.2) is 0 Å². The Hall–Kier alpha value is -0.480.